The van der Waals surface area contributed by atoms with Gasteiger partial charge in [0.05, 0.1) is 7.11 Å². The number of methoxy groups -OCH3 is 1. The molecule has 13 heavy (non-hydrogen) atoms. The maximum atomic E-state index is 11.2. The first kappa shape index (κ1) is 9.98. The van der Waals surface area contributed by atoms with Crippen molar-refractivity contribution in [2.45, 2.75) is 6.42 Å². The highest BCUT2D eigenvalue weighted by Gasteiger charge is 2.30. The van der Waals surface area contributed by atoms with Crippen LogP contribution >= 0.6 is 0 Å². The third kappa shape index (κ3) is 2.42. The molecule has 0 aliphatic carbocycles. The Kier molecular flexibility index (Phi) is 3.25. The molecule has 74 valence electrons. The lowest BCUT2D eigenvalue weighted by Crippen LogP contribution is -2.52. The van der Waals surface area contributed by atoms with E-state index in [1.165, 1.54) is 7.11 Å². The number of esters is 1. The van der Waals surface area contributed by atoms with Gasteiger partial charge in [-0.25, -0.2) is 0 Å². The van der Waals surface area contributed by atoms with E-state index in [0.717, 1.165) is 0 Å². The average Bonchev–Trinajstić information content (AvgIpc) is 2.02. The predicted octanol–water partition coefficient (Wildman–Crippen LogP) is -1.03. The van der Waals surface area contributed by atoms with Gasteiger partial charge in [0.2, 0.25) is 5.91 Å². The third-order valence-electron chi connectivity index (χ3n) is 2.17. The van der Waals surface area contributed by atoms with Crippen LogP contribution in [0, 0.1) is 5.92 Å². The molecule has 1 aliphatic heterocycles. The zero-order chi connectivity index (χ0) is 9.84. The fourth-order valence-electron chi connectivity index (χ4n) is 1.23. The van der Waals surface area contributed by atoms with Gasteiger partial charge in [-0.2, -0.15) is 0 Å². The summed E-state index contributed by atoms with van der Waals surface area (Å²) in [6, 6.07) is 0. The van der Waals surface area contributed by atoms with Crippen LogP contribution in [0.5, 0.6) is 0 Å². The van der Waals surface area contributed by atoms with Crippen LogP contribution in [0.15, 0.2) is 0 Å². The summed E-state index contributed by atoms with van der Waals surface area (Å²) in [5.74, 6) is -0.251. The van der Waals surface area contributed by atoms with Gasteiger partial charge in [-0.15, -0.1) is 0 Å². The topological polar surface area (TPSA) is 72.6 Å². The molecule has 1 amide bonds. The van der Waals surface area contributed by atoms with Crippen molar-refractivity contribution in [3.63, 3.8) is 0 Å². The number of ether oxygens (including phenoxy) is 1. The highest BCUT2D eigenvalue weighted by Crippen LogP contribution is 2.14. The lowest BCUT2D eigenvalue weighted by Gasteiger charge is -2.38. The zero-order valence-electron chi connectivity index (χ0n) is 7.66. The van der Waals surface area contributed by atoms with E-state index >= 15 is 0 Å². The zero-order valence-corrected chi connectivity index (χ0v) is 7.66. The second-order valence-corrected chi connectivity index (χ2v) is 3.15. The predicted molar refractivity (Wildman–Crippen MR) is 45.8 cm³/mol. The Bertz CT molecular complexity index is 211. The minimum atomic E-state index is -0.485. The van der Waals surface area contributed by atoms with Crippen molar-refractivity contribution < 1.29 is 14.3 Å². The van der Waals surface area contributed by atoms with Crippen LogP contribution in [0.25, 0.3) is 0 Å². The number of nitrogens with two attached hydrogens (primary N) is 1. The smallest absolute Gasteiger partial charge is 0.315 e. The molecule has 1 saturated heterocycles. The molecule has 1 aliphatic rings. The highest BCUT2D eigenvalue weighted by molar-refractivity contribution is 5.94. The van der Waals surface area contributed by atoms with Gasteiger partial charge in [-0.3, -0.25) is 9.59 Å². The van der Waals surface area contributed by atoms with Crippen LogP contribution in [0.4, 0.5) is 0 Å². The van der Waals surface area contributed by atoms with Gasteiger partial charge >= 0.3 is 5.97 Å². The van der Waals surface area contributed by atoms with Gasteiger partial charge in [0.15, 0.2) is 0 Å². The van der Waals surface area contributed by atoms with E-state index in [-0.39, 0.29) is 12.3 Å². The molecule has 1 heterocycles. The Labute approximate surface area is 76.8 Å². The molecule has 0 radical (unpaired) electrons. The maximum Gasteiger partial charge on any atom is 0.315 e. The van der Waals surface area contributed by atoms with Crippen LogP contribution in [-0.4, -0.2) is 43.5 Å². The molecule has 0 spiro atoms. The van der Waals surface area contributed by atoms with E-state index in [0.29, 0.717) is 25.6 Å². The summed E-state index contributed by atoms with van der Waals surface area (Å²) in [7, 11) is 1.27. The Morgan fingerprint density at radius 3 is 2.62 bits per heavy atom. The van der Waals surface area contributed by atoms with Crippen LogP contribution in [0.3, 0.4) is 0 Å². The summed E-state index contributed by atoms with van der Waals surface area (Å²) in [5, 5.41) is 0. The Morgan fingerprint density at radius 1 is 1.54 bits per heavy atom. The quantitative estimate of drug-likeness (QED) is 0.451. The number of nitrogens with zero attached hydrogens (tertiary/aromatic N) is 1. The van der Waals surface area contributed by atoms with Gasteiger partial charge in [-0.05, 0) is 6.54 Å². The third-order valence-corrected chi connectivity index (χ3v) is 2.17. The summed E-state index contributed by atoms with van der Waals surface area (Å²) < 4.78 is 4.38. The summed E-state index contributed by atoms with van der Waals surface area (Å²) >= 11 is 0. The standard InChI is InChI=1S/C8H14N2O3/c1-13-8(12)2-7(11)10-4-6(3-9)5-10/h6H,2-5,9H2,1H3. The highest BCUT2D eigenvalue weighted by atomic mass is 16.5. The van der Waals surface area contributed by atoms with Crippen LogP contribution in [0.2, 0.25) is 0 Å². The van der Waals surface area contributed by atoms with Crippen LogP contribution in [-0.2, 0) is 14.3 Å². The Morgan fingerprint density at radius 2 is 2.15 bits per heavy atom. The monoisotopic (exact) mass is 186 g/mol. The van der Waals surface area contributed by atoms with E-state index in [1.807, 2.05) is 0 Å². The second kappa shape index (κ2) is 4.23. The van der Waals surface area contributed by atoms with Gasteiger partial charge in [0.25, 0.3) is 0 Å². The van der Waals surface area contributed by atoms with Crippen molar-refractivity contribution in [1.29, 1.82) is 0 Å². The number of likely N-dealkylation sites (tertiary alicyclic amines) is 1. The van der Waals surface area contributed by atoms with Gasteiger partial charge in [-0.1, -0.05) is 0 Å². The molecular weight excluding hydrogens is 172 g/mol. The van der Waals surface area contributed by atoms with Crippen molar-refractivity contribution in [2.24, 2.45) is 11.7 Å². The lowest BCUT2D eigenvalue weighted by molar-refractivity contribution is -0.149. The van der Waals surface area contributed by atoms with E-state index in [2.05, 4.69) is 4.74 Å². The van der Waals surface area contributed by atoms with Crippen molar-refractivity contribution in [3.8, 4) is 0 Å². The SMILES string of the molecule is COC(=O)CC(=O)N1CC(CN)C1. The molecule has 0 unspecified atom stereocenters. The molecule has 5 heteroatoms. The molecule has 0 aromatic heterocycles. The van der Waals surface area contributed by atoms with E-state index in [4.69, 9.17) is 5.73 Å². The number of carbonyl (C=O) groups excluding carboxylic acids is 2. The number of carbonyl (C=O) groups is 2. The summed E-state index contributed by atoms with van der Waals surface area (Å²) in [5.41, 5.74) is 5.39. The molecule has 5 nitrogen and oxygen atoms in total. The summed E-state index contributed by atoms with van der Waals surface area (Å²) in [6.45, 7) is 1.95. The normalized spacial score (nSPS) is 16.6. The Hall–Kier alpha value is -1.10. The number of rotatable bonds is 3. The molecule has 2 N–H and O–H groups in total. The fourth-order valence-corrected chi connectivity index (χ4v) is 1.23. The molecule has 1 fully saturated rings. The van der Waals surface area contributed by atoms with Crippen molar-refractivity contribution in [1.82, 2.24) is 4.90 Å². The van der Waals surface area contributed by atoms with Crippen LogP contribution in [0.1, 0.15) is 6.42 Å². The molecule has 0 saturated carbocycles. The van der Waals surface area contributed by atoms with Crippen molar-refractivity contribution >= 4 is 11.9 Å². The molecule has 0 bridgehead atoms. The fraction of sp³-hybridized carbons (Fsp3) is 0.750. The number of hydrogen-bond acceptors (Lipinski definition) is 4. The summed E-state index contributed by atoms with van der Waals surface area (Å²) in [6.07, 6.45) is -0.159. The molecule has 0 aromatic rings. The van der Waals surface area contributed by atoms with Gasteiger partial charge in [0, 0.05) is 19.0 Å². The van der Waals surface area contributed by atoms with Crippen molar-refractivity contribution in [3.05, 3.63) is 0 Å². The second-order valence-electron chi connectivity index (χ2n) is 3.15. The lowest BCUT2D eigenvalue weighted by atomic mass is 10.0. The first-order valence-electron chi connectivity index (χ1n) is 4.22. The maximum absolute atomic E-state index is 11.2. The minimum Gasteiger partial charge on any atom is -0.469 e. The minimum absolute atomic E-state index is 0.159. The molecule has 0 aromatic carbocycles. The van der Waals surface area contributed by atoms with Crippen molar-refractivity contribution in [2.75, 3.05) is 26.7 Å². The average molecular weight is 186 g/mol. The molecular formula is C8H14N2O3. The molecule has 1 rings (SSSR count). The first-order valence-corrected chi connectivity index (χ1v) is 4.22. The first-order chi connectivity index (χ1) is 6.17. The van der Waals surface area contributed by atoms with E-state index < -0.39 is 5.97 Å². The van der Waals surface area contributed by atoms with Crippen LogP contribution < -0.4 is 5.73 Å². The number of hydrogen-bond donors (Lipinski definition) is 1. The Balaban J connectivity index is 2.23. The van der Waals surface area contributed by atoms with E-state index in [9.17, 15) is 9.59 Å². The van der Waals surface area contributed by atoms with Gasteiger partial charge < -0.3 is 15.4 Å². The summed E-state index contributed by atoms with van der Waals surface area (Å²) in [4.78, 5) is 23.6. The largest absolute Gasteiger partial charge is 0.469 e. The molecule has 0 atom stereocenters. The number of amides is 1. The van der Waals surface area contributed by atoms with E-state index in [1.54, 1.807) is 4.90 Å². The van der Waals surface area contributed by atoms with Gasteiger partial charge in [0.1, 0.15) is 6.42 Å².